The van der Waals surface area contributed by atoms with Crippen LogP contribution in [0.5, 0.6) is 0 Å². The molecular formula is C7HCl4NS. The first-order valence-electron chi connectivity index (χ1n) is 2.98. The van der Waals surface area contributed by atoms with E-state index < -0.39 is 0 Å². The summed E-state index contributed by atoms with van der Waals surface area (Å²) < 4.78 is 0. The molecule has 13 heavy (non-hydrogen) atoms. The van der Waals surface area contributed by atoms with Gasteiger partial charge in [-0.3, -0.25) is 0 Å². The molecule has 0 atom stereocenters. The van der Waals surface area contributed by atoms with E-state index in [2.05, 4.69) is 22.4 Å². The van der Waals surface area contributed by atoms with Gasteiger partial charge in [-0.15, -0.1) is 0 Å². The van der Waals surface area contributed by atoms with E-state index in [-0.39, 0.29) is 25.8 Å². The number of isothiocyanates is 1. The number of nitrogens with zero attached hydrogens (tertiary/aromatic N) is 1. The molecule has 0 saturated carbocycles. The Morgan fingerprint density at radius 1 is 1.08 bits per heavy atom. The molecule has 1 rings (SSSR count). The van der Waals surface area contributed by atoms with Crippen LogP contribution in [0.25, 0.3) is 0 Å². The van der Waals surface area contributed by atoms with Crippen LogP contribution in [0.15, 0.2) is 11.1 Å². The van der Waals surface area contributed by atoms with E-state index >= 15 is 0 Å². The van der Waals surface area contributed by atoms with Crippen molar-refractivity contribution >= 4 is 69.5 Å². The summed E-state index contributed by atoms with van der Waals surface area (Å²) in [5.41, 5.74) is 0.246. The van der Waals surface area contributed by atoms with Gasteiger partial charge in [-0.05, 0) is 18.3 Å². The number of hydrogen-bond donors (Lipinski definition) is 0. The second-order valence-corrected chi connectivity index (χ2v) is 3.77. The lowest BCUT2D eigenvalue weighted by molar-refractivity contribution is 1.55. The van der Waals surface area contributed by atoms with E-state index in [1.165, 1.54) is 6.07 Å². The highest BCUT2D eigenvalue weighted by Gasteiger charge is 2.12. The predicted molar refractivity (Wildman–Crippen MR) is 61.2 cm³/mol. The monoisotopic (exact) mass is 271 g/mol. The van der Waals surface area contributed by atoms with Crippen molar-refractivity contribution in [1.29, 1.82) is 0 Å². The van der Waals surface area contributed by atoms with E-state index in [4.69, 9.17) is 46.4 Å². The second kappa shape index (κ2) is 4.61. The molecule has 1 nitrogen and oxygen atoms in total. The summed E-state index contributed by atoms with van der Waals surface area (Å²) in [5, 5.41) is 3.13. The van der Waals surface area contributed by atoms with Crippen molar-refractivity contribution in [1.82, 2.24) is 0 Å². The standard InChI is InChI=1S/C7HCl4NS/c8-3-1-4(9)6(11)7(5(3)10)12-2-13/h1H. The average molecular weight is 273 g/mol. The summed E-state index contributed by atoms with van der Waals surface area (Å²) in [6, 6.07) is 1.44. The first-order chi connectivity index (χ1) is 6.07. The Balaban J connectivity index is 3.55. The summed E-state index contributed by atoms with van der Waals surface area (Å²) in [6.07, 6.45) is 0. The van der Waals surface area contributed by atoms with Gasteiger partial charge in [0.15, 0.2) is 0 Å². The van der Waals surface area contributed by atoms with Crippen molar-refractivity contribution < 1.29 is 0 Å². The number of hydrogen-bond acceptors (Lipinski definition) is 2. The summed E-state index contributed by atoms with van der Waals surface area (Å²) >= 11 is 27.5. The van der Waals surface area contributed by atoms with E-state index in [0.29, 0.717) is 0 Å². The van der Waals surface area contributed by atoms with Crippen molar-refractivity contribution in [2.45, 2.75) is 0 Å². The third-order valence-corrected chi connectivity index (χ3v) is 2.89. The van der Waals surface area contributed by atoms with Gasteiger partial charge >= 0.3 is 0 Å². The zero-order chi connectivity index (χ0) is 10.0. The normalized spacial score (nSPS) is 9.54. The van der Waals surface area contributed by atoms with E-state index in [0.717, 1.165) is 0 Å². The van der Waals surface area contributed by atoms with Crippen LogP contribution in [0.1, 0.15) is 0 Å². The van der Waals surface area contributed by atoms with Crippen LogP contribution < -0.4 is 0 Å². The molecule has 0 spiro atoms. The maximum absolute atomic E-state index is 5.79. The smallest absolute Gasteiger partial charge is 0.114 e. The maximum Gasteiger partial charge on any atom is 0.114 e. The summed E-state index contributed by atoms with van der Waals surface area (Å²) in [4.78, 5) is 3.66. The Labute approximate surface area is 100 Å². The summed E-state index contributed by atoms with van der Waals surface area (Å²) in [7, 11) is 0. The van der Waals surface area contributed by atoms with E-state index in [9.17, 15) is 0 Å². The number of rotatable bonds is 1. The summed E-state index contributed by atoms with van der Waals surface area (Å²) in [5.74, 6) is 0. The first-order valence-corrected chi connectivity index (χ1v) is 4.90. The Morgan fingerprint density at radius 2 is 1.54 bits per heavy atom. The molecule has 0 saturated heterocycles. The molecule has 1 aromatic rings. The van der Waals surface area contributed by atoms with Gasteiger partial charge in [0.25, 0.3) is 0 Å². The fraction of sp³-hybridized carbons (Fsp3) is 0. The van der Waals surface area contributed by atoms with Gasteiger partial charge in [0, 0.05) is 0 Å². The third-order valence-electron chi connectivity index (χ3n) is 1.25. The Morgan fingerprint density at radius 3 is 1.92 bits per heavy atom. The number of aliphatic imine (C=N–C) groups is 1. The zero-order valence-corrected chi connectivity index (χ0v) is 9.78. The fourth-order valence-corrected chi connectivity index (χ4v) is 1.68. The quantitative estimate of drug-likeness (QED) is 0.397. The fourth-order valence-electron chi connectivity index (χ4n) is 0.704. The average Bonchev–Trinajstić information content (AvgIpc) is 2.09. The van der Waals surface area contributed by atoms with Gasteiger partial charge in [-0.25, -0.2) is 0 Å². The number of halogens is 4. The van der Waals surface area contributed by atoms with Crippen LogP contribution in [-0.2, 0) is 0 Å². The zero-order valence-electron chi connectivity index (χ0n) is 5.94. The van der Waals surface area contributed by atoms with Gasteiger partial charge in [0.05, 0.1) is 25.3 Å². The molecule has 0 radical (unpaired) electrons. The molecule has 0 fully saturated rings. The van der Waals surface area contributed by atoms with Gasteiger partial charge in [0.2, 0.25) is 0 Å². The largest absolute Gasteiger partial charge is 0.191 e. The maximum atomic E-state index is 5.79. The lowest BCUT2D eigenvalue weighted by Gasteiger charge is -2.03. The van der Waals surface area contributed by atoms with Gasteiger partial charge in [-0.1, -0.05) is 46.4 Å². The van der Waals surface area contributed by atoms with Crippen LogP contribution in [0.3, 0.4) is 0 Å². The SMILES string of the molecule is S=C=Nc1c(Cl)c(Cl)cc(Cl)c1Cl. The molecule has 1 aromatic carbocycles. The van der Waals surface area contributed by atoms with E-state index in [1.807, 2.05) is 0 Å². The van der Waals surface area contributed by atoms with Gasteiger partial charge < -0.3 is 0 Å². The highest BCUT2D eigenvalue weighted by atomic mass is 35.5. The molecule has 0 aromatic heterocycles. The van der Waals surface area contributed by atoms with Crippen molar-refractivity contribution in [2.24, 2.45) is 4.99 Å². The molecular weight excluding hydrogens is 272 g/mol. The Hall–Kier alpha value is 0.180. The lowest BCUT2D eigenvalue weighted by atomic mass is 10.3. The van der Waals surface area contributed by atoms with Crippen LogP contribution in [0, 0.1) is 0 Å². The highest BCUT2D eigenvalue weighted by Crippen LogP contribution is 2.42. The molecule has 0 aliphatic rings. The molecule has 0 bridgehead atoms. The minimum Gasteiger partial charge on any atom is -0.191 e. The third kappa shape index (κ3) is 2.35. The number of benzene rings is 1. The molecule has 0 unspecified atom stereocenters. The van der Waals surface area contributed by atoms with Crippen LogP contribution in [0.4, 0.5) is 5.69 Å². The van der Waals surface area contributed by atoms with Crippen LogP contribution in [0.2, 0.25) is 20.1 Å². The van der Waals surface area contributed by atoms with Crippen molar-refractivity contribution in [2.75, 3.05) is 0 Å². The van der Waals surface area contributed by atoms with Crippen molar-refractivity contribution in [3.05, 3.63) is 26.2 Å². The summed E-state index contributed by atoms with van der Waals surface area (Å²) in [6.45, 7) is 0. The molecule has 0 aliphatic heterocycles. The molecule has 0 N–H and O–H groups in total. The van der Waals surface area contributed by atoms with Gasteiger partial charge in [-0.2, -0.15) is 4.99 Å². The molecule has 0 aliphatic carbocycles. The predicted octanol–water partition coefficient (Wildman–Crippen LogP) is 5.03. The van der Waals surface area contributed by atoms with Gasteiger partial charge in [0.1, 0.15) is 5.69 Å². The Bertz CT molecular complexity index is 372. The Kier molecular flexibility index (Phi) is 3.99. The van der Waals surface area contributed by atoms with Crippen molar-refractivity contribution in [3.63, 3.8) is 0 Å². The molecule has 0 amide bonds. The van der Waals surface area contributed by atoms with Crippen LogP contribution >= 0.6 is 58.6 Å². The second-order valence-electron chi connectivity index (χ2n) is 2.02. The lowest BCUT2D eigenvalue weighted by Crippen LogP contribution is -1.75. The minimum atomic E-state index is 0.216. The molecule has 68 valence electrons. The highest BCUT2D eigenvalue weighted by molar-refractivity contribution is 7.78. The molecule has 6 heteroatoms. The number of thiocarbonyl (C=S) groups is 1. The minimum absolute atomic E-state index is 0.216. The molecule has 0 heterocycles. The van der Waals surface area contributed by atoms with Crippen molar-refractivity contribution in [3.8, 4) is 0 Å². The van der Waals surface area contributed by atoms with E-state index in [1.54, 1.807) is 0 Å². The van der Waals surface area contributed by atoms with Crippen LogP contribution in [-0.4, -0.2) is 5.16 Å². The topological polar surface area (TPSA) is 12.4 Å². The first kappa shape index (κ1) is 11.3.